The highest BCUT2D eigenvalue weighted by molar-refractivity contribution is 5.79. The number of nitrogens with zero attached hydrogens (tertiary/aromatic N) is 4. The summed E-state index contributed by atoms with van der Waals surface area (Å²) < 4.78 is 15.3. The number of imidazole rings is 1. The van der Waals surface area contributed by atoms with Crippen LogP contribution in [0.15, 0.2) is 84.9 Å². The second kappa shape index (κ2) is 11.9. The van der Waals surface area contributed by atoms with E-state index in [4.69, 9.17) is 0 Å². The highest BCUT2D eigenvalue weighted by atomic mass is 19.1. The van der Waals surface area contributed by atoms with E-state index in [0.29, 0.717) is 32.7 Å². The molecule has 7 heteroatoms. The lowest BCUT2D eigenvalue weighted by Crippen LogP contribution is -2.50. The lowest BCUT2D eigenvalue weighted by atomic mass is 10.1. The van der Waals surface area contributed by atoms with E-state index in [1.807, 2.05) is 4.57 Å². The maximum Gasteiger partial charge on any atom is 0.237 e. The minimum absolute atomic E-state index is 0.0273. The number of halogens is 1. The lowest BCUT2D eigenvalue weighted by molar-refractivity contribution is -0.135. The zero-order chi connectivity index (χ0) is 22.8. The van der Waals surface area contributed by atoms with E-state index in [-0.39, 0.29) is 17.5 Å². The number of rotatable bonds is 10. The Bertz CT molecular complexity index is 916. The van der Waals surface area contributed by atoms with Crippen molar-refractivity contribution in [3.05, 3.63) is 90.6 Å². The van der Waals surface area contributed by atoms with Crippen LogP contribution < -0.4 is 0 Å². The molecule has 6 nitrogen and oxygen atoms in total. The van der Waals surface area contributed by atoms with E-state index >= 15 is 0 Å². The Morgan fingerprint density at radius 2 is 1.84 bits per heavy atom. The van der Waals surface area contributed by atoms with Crippen LogP contribution in [-0.2, 0) is 17.9 Å². The van der Waals surface area contributed by atoms with E-state index in [2.05, 4.69) is 23.0 Å². The number of carbonyl (C=O) groups excluding carboxylic acids is 1. The Hall–Kier alpha value is -3.19. The Kier molecular flexibility index (Phi) is 9.21. The van der Waals surface area contributed by atoms with Gasteiger partial charge < -0.3 is 14.6 Å². The fourth-order valence-electron chi connectivity index (χ4n) is 3.45. The van der Waals surface area contributed by atoms with Gasteiger partial charge in [0.1, 0.15) is 0 Å². The van der Waals surface area contributed by atoms with E-state index in [1.54, 1.807) is 54.7 Å². The van der Waals surface area contributed by atoms with Crippen molar-refractivity contribution in [2.45, 2.75) is 26.9 Å². The lowest BCUT2D eigenvalue weighted by Gasteiger charge is -2.34. The largest absolute Gasteiger partial charge is 0.513 e. The molecule has 2 rings (SSSR count). The first-order chi connectivity index (χ1) is 14.8. The molecule has 0 saturated carbocycles. The average Bonchev–Trinajstić information content (AvgIpc) is 3.10. The van der Waals surface area contributed by atoms with E-state index < -0.39 is 0 Å². The summed E-state index contributed by atoms with van der Waals surface area (Å²) in [5.74, 6) is -0.0535. The number of carbonyl (C=O) groups is 1. The summed E-state index contributed by atoms with van der Waals surface area (Å²) in [6, 6.07) is 0. The number of hydrogen-bond acceptors (Lipinski definition) is 4. The van der Waals surface area contributed by atoms with Crippen LogP contribution in [0.1, 0.15) is 19.5 Å². The first kappa shape index (κ1) is 24.1. The van der Waals surface area contributed by atoms with Crippen LogP contribution in [0, 0.1) is 0 Å². The van der Waals surface area contributed by atoms with E-state index in [1.165, 1.54) is 13.0 Å². The van der Waals surface area contributed by atoms with Crippen molar-refractivity contribution in [2.75, 3.05) is 26.2 Å². The molecule has 0 aliphatic carbocycles. The summed E-state index contributed by atoms with van der Waals surface area (Å²) in [6.07, 6.45) is 13.4. The highest BCUT2D eigenvalue weighted by Crippen LogP contribution is 2.14. The summed E-state index contributed by atoms with van der Waals surface area (Å²) in [5, 5.41) is 9.53. The Morgan fingerprint density at radius 1 is 1.16 bits per heavy atom. The molecule has 1 amide bonds. The smallest absolute Gasteiger partial charge is 0.237 e. The number of piperazine rings is 1. The molecule has 1 fully saturated rings. The van der Waals surface area contributed by atoms with Gasteiger partial charge >= 0.3 is 0 Å². The van der Waals surface area contributed by atoms with Crippen molar-refractivity contribution in [3.63, 3.8) is 0 Å². The molecule has 1 aromatic rings. The fraction of sp³-hybridized carbons (Fsp3) is 0.333. The molecule has 166 valence electrons. The zero-order valence-electron chi connectivity index (χ0n) is 18.3. The molecule has 31 heavy (non-hydrogen) atoms. The third-order valence-corrected chi connectivity index (χ3v) is 4.75. The molecule has 0 aromatic carbocycles. The van der Waals surface area contributed by atoms with Crippen molar-refractivity contribution < 1.29 is 14.3 Å². The first-order valence-electron chi connectivity index (χ1n) is 10.2. The van der Waals surface area contributed by atoms with Crippen LogP contribution in [0.2, 0.25) is 0 Å². The third-order valence-electron chi connectivity index (χ3n) is 4.75. The van der Waals surface area contributed by atoms with Gasteiger partial charge in [0.2, 0.25) is 5.91 Å². The predicted molar refractivity (Wildman–Crippen MR) is 122 cm³/mol. The van der Waals surface area contributed by atoms with Gasteiger partial charge in [-0.15, -0.1) is 0 Å². The van der Waals surface area contributed by atoms with Crippen LogP contribution in [-0.4, -0.2) is 56.5 Å². The number of hydrogen-bond donors (Lipinski definition) is 1. The summed E-state index contributed by atoms with van der Waals surface area (Å²) in [6.45, 7) is 13.5. The predicted octanol–water partition coefficient (Wildman–Crippen LogP) is 4.09. The van der Waals surface area contributed by atoms with Gasteiger partial charge in [0, 0.05) is 38.9 Å². The number of aliphatic hydroxyl groups excluding tert-OH is 1. The molecule has 2 heterocycles. The van der Waals surface area contributed by atoms with Gasteiger partial charge in [-0.2, -0.15) is 0 Å². The molecular weight excluding hydrogens is 395 g/mol. The second-order valence-electron chi connectivity index (χ2n) is 7.51. The number of amides is 1. The van der Waals surface area contributed by atoms with Gasteiger partial charge in [-0.05, 0) is 37.1 Å². The Balaban J connectivity index is 2.02. The van der Waals surface area contributed by atoms with Crippen molar-refractivity contribution >= 4 is 5.91 Å². The van der Waals surface area contributed by atoms with Gasteiger partial charge in [-0.3, -0.25) is 9.69 Å². The van der Waals surface area contributed by atoms with Crippen molar-refractivity contribution in [1.29, 1.82) is 0 Å². The Morgan fingerprint density at radius 3 is 2.42 bits per heavy atom. The van der Waals surface area contributed by atoms with Crippen LogP contribution in [0.5, 0.6) is 0 Å². The SMILES string of the molecule is C=C/C=C(\C=C(/C)O)CN1CCN(Cc2cncn2CC(/C=C(\C)F)=C/C=C)CC1=O. The van der Waals surface area contributed by atoms with Crippen LogP contribution in [0.4, 0.5) is 4.39 Å². The van der Waals surface area contributed by atoms with E-state index in [0.717, 1.165) is 23.4 Å². The summed E-state index contributed by atoms with van der Waals surface area (Å²) in [4.78, 5) is 20.8. The average molecular weight is 427 g/mol. The molecule has 0 unspecified atom stereocenters. The summed E-state index contributed by atoms with van der Waals surface area (Å²) in [5.41, 5.74) is 2.56. The molecular formula is C24H31FN4O2. The minimum atomic E-state index is -0.271. The van der Waals surface area contributed by atoms with Crippen LogP contribution in [0.25, 0.3) is 0 Å². The quantitative estimate of drug-likeness (QED) is 0.452. The van der Waals surface area contributed by atoms with Crippen LogP contribution >= 0.6 is 0 Å². The maximum absolute atomic E-state index is 13.3. The monoisotopic (exact) mass is 426 g/mol. The molecule has 1 aliphatic heterocycles. The molecule has 1 saturated heterocycles. The zero-order valence-corrected chi connectivity index (χ0v) is 18.3. The van der Waals surface area contributed by atoms with Crippen LogP contribution in [0.3, 0.4) is 0 Å². The molecule has 1 aromatic heterocycles. The highest BCUT2D eigenvalue weighted by Gasteiger charge is 2.25. The molecule has 1 N–H and O–H groups in total. The fourth-order valence-corrected chi connectivity index (χ4v) is 3.45. The second-order valence-corrected chi connectivity index (χ2v) is 7.51. The molecule has 0 bridgehead atoms. The number of allylic oxidation sites excluding steroid dienone is 8. The normalized spacial score (nSPS) is 17.3. The summed E-state index contributed by atoms with van der Waals surface area (Å²) >= 11 is 0. The Labute approximate surface area is 183 Å². The van der Waals surface area contributed by atoms with Gasteiger partial charge in [-0.25, -0.2) is 9.37 Å². The summed E-state index contributed by atoms with van der Waals surface area (Å²) in [7, 11) is 0. The standard InChI is InChI=1S/C24H31FN4O2/c1-5-7-21(11-19(3)25)15-29-18-26-13-23(29)16-27-9-10-28(24(31)17-27)14-22(8-6-2)12-20(4)30/h5-8,11-13,18,30H,1-2,9-10,14-17H2,3-4H3/b19-11+,20-12+,21-7+,22-8+. The van der Waals surface area contributed by atoms with Crippen molar-refractivity contribution in [2.24, 2.45) is 0 Å². The minimum Gasteiger partial charge on any atom is -0.513 e. The van der Waals surface area contributed by atoms with Crippen molar-refractivity contribution in [1.82, 2.24) is 19.4 Å². The van der Waals surface area contributed by atoms with Gasteiger partial charge in [0.25, 0.3) is 0 Å². The van der Waals surface area contributed by atoms with Gasteiger partial charge in [0.05, 0.1) is 30.2 Å². The third kappa shape index (κ3) is 7.86. The number of aliphatic hydroxyl groups is 1. The first-order valence-corrected chi connectivity index (χ1v) is 10.2. The molecule has 0 spiro atoms. The molecule has 1 aliphatic rings. The molecule has 0 radical (unpaired) electrons. The van der Waals surface area contributed by atoms with Crippen molar-refractivity contribution in [3.8, 4) is 0 Å². The number of aromatic nitrogens is 2. The van der Waals surface area contributed by atoms with Gasteiger partial charge in [-0.1, -0.05) is 37.5 Å². The topological polar surface area (TPSA) is 61.6 Å². The van der Waals surface area contributed by atoms with E-state index in [9.17, 15) is 14.3 Å². The van der Waals surface area contributed by atoms with Gasteiger partial charge in [0.15, 0.2) is 0 Å². The maximum atomic E-state index is 13.3. The molecule has 0 atom stereocenters.